The average Bonchev–Trinajstić information content (AvgIpc) is 2.45. The van der Waals surface area contributed by atoms with Gasteiger partial charge in [0.1, 0.15) is 17.7 Å². The van der Waals surface area contributed by atoms with E-state index in [2.05, 4.69) is 0 Å². The van der Waals surface area contributed by atoms with Crippen LogP contribution >= 0.6 is 0 Å². The Morgan fingerprint density at radius 1 is 1.40 bits per heavy atom. The molecule has 20 heavy (non-hydrogen) atoms. The molecule has 0 fully saturated rings. The molecule has 0 amide bonds. The highest BCUT2D eigenvalue weighted by Gasteiger charge is 2.18. The molecule has 0 bridgehead atoms. The van der Waals surface area contributed by atoms with E-state index in [9.17, 15) is 4.79 Å². The zero-order valence-electron chi connectivity index (χ0n) is 11.0. The van der Waals surface area contributed by atoms with Gasteiger partial charge in [-0.2, -0.15) is 10.5 Å². The summed E-state index contributed by atoms with van der Waals surface area (Å²) in [5.41, 5.74) is 0.279. The fourth-order valence-corrected chi connectivity index (χ4v) is 1.41. The molecular formula is C14H12N2O4. The van der Waals surface area contributed by atoms with Gasteiger partial charge in [0.05, 0.1) is 7.11 Å². The first-order valence-electron chi connectivity index (χ1n) is 5.61. The van der Waals surface area contributed by atoms with Gasteiger partial charge >= 0.3 is 5.97 Å². The van der Waals surface area contributed by atoms with Crippen molar-refractivity contribution in [3.8, 4) is 23.6 Å². The molecule has 6 nitrogen and oxygen atoms in total. The summed E-state index contributed by atoms with van der Waals surface area (Å²) < 4.78 is 10.4. The van der Waals surface area contributed by atoms with Crippen LogP contribution in [0.4, 0.5) is 0 Å². The lowest BCUT2D eigenvalue weighted by atomic mass is 10.1. The first-order chi connectivity index (χ1) is 9.53. The summed E-state index contributed by atoms with van der Waals surface area (Å²) in [6.07, 6.45) is 0.220. The molecule has 1 atom stereocenters. The Bertz CT molecular complexity index is 607. The van der Waals surface area contributed by atoms with Crippen molar-refractivity contribution in [2.24, 2.45) is 0 Å². The zero-order chi connectivity index (χ0) is 15.1. The average molecular weight is 272 g/mol. The lowest BCUT2D eigenvalue weighted by Gasteiger charge is -2.16. The van der Waals surface area contributed by atoms with Gasteiger partial charge in [0, 0.05) is 5.56 Å². The highest BCUT2D eigenvalue weighted by molar-refractivity contribution is 5.74. The van der Waals surface area contributed by atoms with E-state index < -0.39 is 12.1 Å². The quantitative estimate of drug-likeness (QED) is 0.822. The van der Waals surface area contributed by atoms with Crippen LogP contribution in [0.15, 0.2) is 23.8 Å². The Morgan fingerprint density at radius 3 is 2.55 bits per heavy atom. The van der Waals surface area contributed by atoms with Gasteiger partial charge in [-0.1, -0.05) is 12.1 Å². The van der Waals surface area contributed by atoms with E-state index in [0.717, 1.165) is 0 Å². The Kier molecular flexibility index (Phi) is 5.13. The number of ether oxygens (including phenoxy) is 2. The Morgan fingerprint density at radius 2 is 2.05 bits per heavy atom. The minimum absolute atomic E-state index is 0.119. The monoisotopic (exact) mass is 272 g/mol. The third-order valence-electron chi connectivity index (χ3n) is 2.41. The van der Waals surface area contributed by atoms with Crippen LogP contribution in [-0.4, -0.2) is 24.3 Å². The van der Waals surface area contributed by atoms with Crippen molar-refractivity contribution in [2.45, 2.75) is 13.0 Å². The summed E-state index contributed by atoms with van der Waals surface area (Å²) >= 11 is 0. The van der Waals surface area contributed by atoms with Crippen molar-refractivity contribution in [1.29, 1.82) is 10.5 Å². The molecule has 0 unspecified atom stereocenters. The first kappa shape index (κ1) is 15.1. The van der Waals surface area contributed by atoms with Crippen LogP contribution in [0.3, 0.4) is 0 Å². The molecule has 1 rings (SSSR count). The minimum atomic E-state index is -1.13. The van der Waals surface area contributed by atoms with Crippen LogP contribution in [-0.2, 0) is 4.79 Å². The molecule has 0 spiro atoms. The van der Waals surface area contributed by atoms with Gasteiger partial charge in [0.25, 0.3) is 0 Å². The zero-order valence-corrected chi connectivity index (χ0v) is 11.0. The maximum absolute atomic E-state index is 10.9. The summed E-state index contributed by atoms with van der Waals surface area (Å²) in [4.78, 5) is 10.9. The van der Waals surface area contributed by atoms with Crippen molar-refractivity contribution < 1.29 is 19.4 Å². The molecule has 0 radical (unpaired) electrons. The van der Waals surface area contributed by atoms with Gasteiger partial charge in [0.2, 0.25) is 0 Å². The third kappa shape index (κ3) is 3.50. The summed E-state index contributed by atoms with van der Waals surface area (Å²) in [6, 6.07) is 8.30. The summed E-state index contributed by atoms with van der Waals surface area (Å²) in [5, 5.41) is 26.4. The Balaban J connectivity index is 3.32. The Labute approximate surface area is 116 Å². The third-order valence-corrected chi connectivity index (χ3v) is 2.41. The number of allylic oxidation sites excluding steroid dienone is 1. The number of benzene rings is 1. The summed E-state index contributed by atoms with van der Waals surface area (Å²) in [7, 11) is 1.41. The van der Waals surface area contributed by atoms with Crippen LogP contribution in [0.2, 0.25) is 0 Å². The second-order valence-electron chi connectivity index (χ2n) is 3.76. The largest absolute Gasteiger partial charge is 0.493 e. The number of hydrogen-bond donors (Lipinski definition) is 1. The van der Waals surface area contributed by atoms with Crippen molar-refractivity contribution in [2.75, 3.05) is 7.11 Å². The molecular weight excluding hydrogens is 260 g/mol. The van der Waals surface area contributed by atoms with Gasteiger partial charge < -0.3 is 14.6 Å². The predicted molar refractivity (Wildman–Crippen MR) is 69.9 cm³/mol. The second kappa shape index (κ2) is 6.81. The molecule has 0 saturated heterocycles. The molecule has 0 aliphatic carbocycles. The Hall–Kier alpha value is -2.99. The number of carboxylic acids is 1. The van der Waals surface area contributed by atoms with Gasteiger partial charge in [-0.15, -0.1) is 0 Å². The van der Waals surface area contributed by atoms with Gasteiger partial charge in [0.15, 0.2) is 17.6 Å². The first-order valence-corrected chi connectivity index (χ1v) is 5.61. The van der Waals surface area contributed by atoms with E-state index in [0.29, 0.717) is 11.3 Å². The molecule has 1 aromatic carbocycles. The molecule has 1 N–H and O–H groups in total. The number of rotatable bonds is 5. The molecule has 102 valence electrons. The number of nitrogens with zero attached hydrogens (tertiary/aromatic N) is 2. The van der Waals surface area contributed by atoms with Crippen LogP contribution in [0, 0.1) is 22.7 Å². The minimum Gasteiger partial charge on any atom is -0.493 e. The molecule has 0 saturated carbocycles. The highest BCUT2D eigenvalue weighted by atomic mass is 16.5. The predicted octanol–water partition coefficient (Wildman–Crippen LogP) is 1.98. The number of carboxylic acid groups (broad SMARTS) is 1. The molecule has 0 aliphatic rings. The molecule has 6 heteroatoms. The smallest absolute Gasteiger partial charge is 0.344 e. The number of carbonyl (C=O) groups is 1. The van der Waals surface area contributed by atoms with E-state index in [1.807, 2.05) is 0 Å². The van der Waals surface area contributed by atoms with Gasteiger partial charge in [-0.25, -0.2) is 4.79 Å². The van der Waals surface area contributed by atoms with Crippen LogP contribution in [0.5, 0.6) is 11.5 Å². The van der Waals surface area contributed by atoms with E-state index in [-0.39, 0.29) is 11.3 Å². The lowest BCUT2D eigenvalue weighted by Crippen LogP contribution is -2.23. The normalized spacial score (nSPS) is 10.6. The molecule has 0 heterocycles. The highest BCUT2D eigenvalue weighted by Crippen LogP contribution is 2.33. The van der Waals surface area contributed by atoms with E-state index in [1.54, 1.807) is 30.3 Å². The molecule has 0 aromatic heterocycles. The number of para-hydroxylation sites is 1. The van der Waals surface area contributed by atoms with E-state index >= 15 is 0 Å². The SMILES string of the molecule is COc1cccc(C=C(C#N)C#N)c1O[C@@H](C)C(=O)O. The molecule has 1 aromatic rings. The van der Waals surface area contributed by atoms with Crippen molar-refractivity contribution in [1.82, 2.24) is 0 Å². The van der Waals surface area contributed by atoms with Gasteiger partial charge in [-0.05, 0) is 19.1 Å². The van der Waals surface area contributed by atoms with Crippen molar-refractivity contribution in [3.05, 3.63) is 29.3 Å². The van der Waals surface area contributed by atoms with Crippen LogP contribution in [0.1, 0.15) is 12.5 Å². The summed E-state index contributed by atoms with van der Waals surface area (Å²) in [6.45, 7) is 1.37. The summed E-state index contributed by atoms with van der Waals surface area (Å²) in [5.74, 6) is -0.637. The molecule has 0 aliphatic heterocycles. The number of hydrogen-bond acceptors (Lipinski definition) is 5. The van der Waals surface area contributed by atoms with Crippen molar-refractivity contribution in [3.63, 3.8) is 0 Å². The number of methoxy groups -OCH3 is 1. The topological polar surface area (TPSA) is 103 Å². The van der Waals surface area contributed by atoms with E-state index in [4.69, 9.17) is 25.1 Å². The fraction of sp³-hybridized carbons (Fsp3) is 0.214. The number of aliphatic carboxylic acids is 1. The van der Waals surface area contributed by atoms with Crippen molar-refractivity contribution >= 4 is 12.0 Å². The maximum atomic E-state index is 10.9. The maximum Gasteiger partial charge on any atom is 0.344 e. The lowest BCUT2D eigenvalue weighted by molar-refractivity contribution is -0.144. The second-order valence-corrected chi connectivity index (χ2v) is 3.76. The van der Waals surface area contributed by atoms with Crippen LogP contribution in [0.25, 0.3) is 6.08 Å². The standard InChI is InChI=1S/C14H12N2O4/c1-9(14(17)18)20-13-11(6-10(7-15)8-16)4-3-5-12(13)19-2/h3-6,9H,1-2H3,(H,17,18)/t9-/m0/s1. The fourth-order valence-electron chi connectivity index (χ4n) is 1.41. The van der Waals surface area contributed by atoms with E-state index in [1.165, 1.54) is 20.1 Å². The van der Waals surface area contributed by atoms with Crippen LogP contribution < -0.4 is 9.47 Å². The number of nitriles is 2. The van der Waals surface area contributed by atoms with Gasteiger partial charge in [-0.3, -0.25) is 0 Å².